The van der Waals surface area contributed by atoms with E-state index in [1.165, 1.54) is 23.1 Å². The van der Waals surface area contributed by atoms with Crippen molar-refractivity contribution in [2.45, 2.75) is 20.3 Å². The monoisotopic (exact) mass is 277 g/mol. The third kappa shape index (κ3) is 4.67. The molecule has 1 rings (SSSR count). The minimum atomic E-state index is -0.543. The molecule has 0 saturated heterocycles. The lowest BCUT2D eigenvalue weighted by molar-refractivity contribution is 0.0774. The van der Waals surface area contributed by atoms with Crippen LogP contribution in [0.4, 0.5) is 4.39 Å². The lowest BCUT2D eigenvalue weighted by atomic mass is 10.1. The molecule has 1 amide bonds. The highest BCUT2D eigenvalue weighted by molar-refractivity contribution is 5.94. The van der Waals surface area contributed by atoms with Gasteiger partial charge in [0.25, 0.3) is 5.91 Å². The number of aliphatic hydroxyl groups is 1. The molecule has 0 unspecified atom stereocenters. The summed E-state index contributed by atoms with van der Waals surface area (Å²) in [6, 6.07) is 4.23. The number of amides is 1. The molecule has 1 aromatic rings. The van der Waals surface area contributed by atoms with Crippen molar-refractivity contribution in [1.29, 1.82) is 0 Å². The number of benzene rings is 1. The van der Waals surface area contributed by atoms with Gasteiger partial charge in [-0.1, -0.05) is 25.7 Å². The average molecular weight is 277 g/mol. The lowest BCUT2D eigenvalue weighted by Crippen LogP contribution is -2.30. The fourth-order valence-corrected chi connectivity index (χ4v) is 1.82. The van der Waals surface area contributed by atoms with Crippen molar-refractivity contribution < 1.29 is 14.3 Å². The molecule has 0 radical (unpaired) electrons. The highest BCUT2D eigenvalue weighted by Gasteiger charge is 2.17. The normalized spacial score (nSPS) is 10.1. The summed E-state index contributed by atoms with van der Waals surface area (Å²) in [4.78, 5) is 13.7. The lowest BCUT2D eigenvalue weighted by Gasteiger charge is -2.19. The molecule has 0 aliphatic rings. The molecule has 1 N–H and O–H groups in total. The first-order valence-electron chi connectivity index (χ1n) is 6.60. The molecule has 0 spiro atoms. The number of nitrogens with zero attached hydrogens (tertiary/aromatic N) is 1. The highest BCUT2D eigenvalue weighted by atomic mass is 19.1. The van der Waals surface area contributed by atoms with Crippen molar-refractivity contribution in [2.75, 3.05) is 20.2 Å². The van der Waals surface area contributed by atoms with Crippen molar-refractivity contribution in [1.82, 2.24) is 4.90 Å². The predicted octanol–water partition coefficient (Wildman–Crippen LogP) is 2.29. The molecule has 0 aliphatic carbocycles. The van der Waals surface area contributed by atoms with Crippen molar-refractivity contribution in [3.8, 4) is 11.8 Å². The van der Waals surface area contributed by atoms with Crippen LogP contribution >= 0.6 is 0 Å². The summed E-state index contributed by atoms with van der Waals surface area (Å²) in [6.45, 7) is 4.55. The van der Waals surface area contributed by atoms with E-state index < -0.39 is 5.82 Å². The summed E-state index contributed by atoms with van der Waals surface area (Å²) >= 11 is 0. The molecule has 0 heterocycles. The van der Waals surface area contributed by atoms with Crippen molar-refractivity contribution in [2.24, 2.45) is 5.92 Å². The maximum Gasteiger partial charge on any atom is 0.256 e. The van der Waals surface area contributed by atoms with Crippen molar-refractivity contribution in [3.05, 3.63) is 35.1 Å². The first kappa shape index (κ1) is 16.2. The number of rotatable bonds is 4. The zero-order chi connectivity index (χ0) is 15.1. The summed E-state index contributed by atoms with van der Waals surface area (Å²) in [7, 11) is 1.66. The third-order valence-corrected chi connectivity index (χ3v) is 2.65. The van der Waals surface area contributed by atoms with E-state index in [1.54, 1.807) is 7.05 Å². The minimum Gasteiger partial charge on any atom is -0.395 e. The van der Waals surface area contributed by atoms with Crippen LogP contribution in [-0.4, -0.2) is 36.1 Å². The van der Waals surface area contributed by atoms with Gasteiger partial charge in [-0.05, 0) is 24.1 Å². The zero-order valence-corrected chi connectivity index (χ0v) is 12.1. The van der Waals surface area contributed by atoms with Gasteiger partial charge in [0.15, 0.2) is 0 Å². The Balaban J connectivity index is 2.97. The smallest absolute Gasteiger partial charge is 0.256 e. The van der Waals surface area contributed by atoms with E-state index in [1.807, 2.05) is 13.8 Å². The Morgan fingerprint density at radius 3 is 2.75 bits per heavy atom. The van der Waals surface area contributed by atoms with Crippen LogP contribution in [0.2, 0.25) is 0 Å². The van der Waals surface area contributed by atoms with Crippen molar-refractivity contribution >= 4 is 5.91 Å². The van der Waals surface area contributed by atoms with Crippen LogP contribution < -0.4 is 0 Å². The van der Waals surface area contributed by atoms with Gasteiger partial charge in [-0.15, -0.1) is 0 Å². The van der Waals surface area contributed by atoms with E-state index in [9.17, 15) is 9.18 Å². The van der Waals surface area contributed by atoms with Crippen molar-refractivity contribution in [3.63, 3.8) is 0 Å². The zero-order valence-electron chi connectivity index (χ0n) is 12.1. The molecule has 3 nitrogen and oxygen atoms in total. The number of hydrogen-bond acceptors (Lipinski definition) is 2. The summed E-state index contributed by atoms with van der Waals surface area (Å²) in [6.07, 6.45) is 0.355. The Hall–Kier alpha value is -1.86. The number of aliphatic hydroxyl groups excluding tert-OH is 1. The Kier molecular flexibility index (Phi) is 6.20. The van der Waals surface area contributed by atoms with Gasteiger partial charge in [0.05, 0.1) is 12.2 Å². The third-order valence-electron chi connectivity index (χ3n) is 2.65. The van der Waals surface area contributed by atoms with Gasteiger partial charge in [-0.25, -0.2) is 4.39 Å². The average Bonchev–Trinajstić information content (AvgIpc) is 2.39. The Morgan fingerprint density at radius 2 is 2.15 bits per heavy atom. The van der Waals surface area contributed by atoms with Crippen LogP contribution in [0.5, 0.6) is 0 Å². The summed E-state index contributed by atoms with van der Waals surface area (Å²) in [5.41, 5.74) is 0.602. The van der Waals surface area contributed by atoms with Crippen LogP contribution in [0.3, 0.4) is 0 Å². The van der Waals surface area contributed by atoms with E-state index in [2.05, 4.69) is 11.8 Å². The molecular weight excluding hydrogens is 257 g/mol. The summed E-state index contributed by atoms with van der Waals surface area (Å²) < 4.78 is 13.8. The molecular formula is C16H20FNO2. The molecule has 0 fully saturated rings. The molecule has 0 atom stereocenters. The second kappa shape index (κ2) is 7.66. The van der Waals surface area contributed by atoms with Gasteiger partial charge in [-0.2, -0.15) is 0 Å². The Morgan fingerprint density at radius 1 is 1.45 bits per heavy atom. The van der Waals surface area contributed by atoms with Gasteiger partial charge < -0.3 is 10.0 Å². The van der Waals surface area contributed by atoms with Crippen LogP contribution in [-0.2, 0) is 0 Å². The minimum absolute atomic E-state index is 0.0168. The van der Waals surface area contributed by atoms with E-state index >= 15 is 0 Å². The molecule has 4 heteroatoms. The van der Waals surface area contributed by atoms with E-state index in [0.29, 0.717) is 24.4 Å². The largest absolute Gasteiger partial charge is 0.395 e. The second-order valence-corrected chi connectivity index (χ2v) is 5.05. The quantitative estimate of drug-likeness (QED) is 0.858. The Bertz CT molecular complexity index is 529. The maximum absolute atomic E-state index is 13.8. The Labute approximate surface area is 119 Å². The van der Waals surface area contributed by atoms with Gasteiger partial charge in [0.1, 0.15) is 5.82 Å². The fourth-order valence-electron chi connectivity index (χ4n) is 1.82. The standard InChI is InChI=1S/C16H20FNO2/c1-12(2)11-18(3)16(20)14-10-13(6-4-5-9-19)7-8-15(14)17/h7-8,10,12,19H,5,9,11H2,1-3H3. The number of carbonyl (C=O) groups is 1. The second-order valence-electron chi connectivity index (χ2n) is 5.05. The van der Waals surface area contributed by atoms with Crippen LogP contribution in [0.25, 0.3) is 0 Å². The number of carbonyl (C=O) groups excluding carboxylic acids is 1. The van der Waals surface area contributed by atoms with Gasteiger partial charge in [0, 0.05) is 25.6 Å². The van der Waals surface area contributed by atoms with Crippen LogP contribution in [0.15, 0.2) is 18.2 Å². The molecule has 1 aromatic carbocycles. The number of halogens is 1. The van der Waals surface area contributed by atoms with Gasteiger partial charge >= 0.3 is 0 Å². The highest BCUT2D eigenvalue weighted by Crippen LogP contribution is 2.13. The predicted molar refractivity (Wildman–Crippen MR) is 76.8 cm³/mol. The van der Waals surface area contributed by atoms with Gasteiger partial charge in [-0.3, -0.25) is 4.79 Å². The molecule has 0 aliphatic heterocycles. The first-order valence-corrected chi connectivity index (χ1v) is 6.60. The molecule has 0 bridgehead atoms. The fraction of sp³-hybridized carbons (Fsp3) is 0.438. The van der Waals surface area contributed by atoms with Crippen LogP contribution in [0, 0.1) is 23.6 Å². The molecule has 108 valence electrons. The molecule has 20 heavy (non-hydrogen) atoms. The van der Waals surface area contributed by atoms with E-state index in [-0.39, 0.29) is 18.1 Å². The molecule has 0 saturated carbocycles. The first-order chi connectivity index (χ1) is 9.45. The number of hydrogen-bond donors (Lipinski definition) is 1. The van der Waals surface area contributed by atoms with E-state index in [4.69, 9.17) is 5.11 Å². The topological polar surface area (TPSA) is 40.5 Å². The van der Waals surface area contributed by atoms with Crippen LogP contribution in [0.1, 0.15) is 36.2 Å². The summed E-state index contributed by atoms with van der Waals surface area (Å²) in [5.74, 6) is 4.98. The summed E-state index contributed by atoms with van der Waals surface area (Å²) in [5, 5.41) is 8.66. The van der Waals surface area contributed by atoms with Gasteiger partial charge in [0.2, 0.25) is 0 Å². The SMILES string of the molecule is CC(C)CN(C)C(=O)c1cc(C#CCCO)ccc1F. The van der Waals surface area contributed by atoms with E-state index in [0.717, 1.165) is 0 Å². The maximum atomic E-state index is 13.8. The molecule has 0 aromatic heterocycles.